The molecule has 11 heteroatoms. The lowest BCUT2D eigenvalue weighted by Gasteiger charge is -2.13. The van der Waals surface area contributed by atoms with Gasteiger partial charge in [-0.3, -0.25) is 4.79 Å². The number of hydrogen-bond donors (Lipinski definition) is 3. The highest BCUT2D eigenvalue weighted by Crippen LogP contribution is 2.39. The second-order valence-corrected chi connectivity index (χ2v) is 6.05. The Balaban J connectivity index is 1.59. The fourth-order valence-corrected chi connectivity index (χ4v) is 2.65. The van der Waals surface area contributed by atoms with Crippen molar-refractivity contribution < 1.29 is 32.2 Å². The second-order valence-electron chi connectivity index (χ2n) is 6.05. The van der Waals surface area contributed by atoms with Crippen molar-refractivity contribution in [3.05, 3.63) is 41.9 Å². The zero-order chi connectivity index (χ0) is 21.3. The maximum Gasteiger partial charge on any atom is 0.387 e. The number of nitrogens with zero attached hydrogens (tertiary/aromatic N) is 1. The molecule has 0 saturated heterocycles. The molecule has 0 aliphatic carbocycles. The van der Waals surface area contributed by atoms with Gasteiger partial charge in [-0.15, -0.1) is 0 Å². The first-order valence-corrected chi connectivity index (χ1v) is 9.28. The molecule has 0 unspecified atom stereocenters. The molecule has 1 aromatic heterocycles. The number of furan rings is 1. The SMILES string of the molecule is CCNC(=NCc1cc2c(cc1OC(F)F)OCO2)NCCNC(=O)c1ccco1. The predicted molar refractivity (Wildman–Crippen MR) is 103 cm³/mol. The third-order valence-corrected chi connectivity index (χ3v) is 3.97. The Hall–Kier alpha value is -3.50. The number of nitrogens with one attached hydrogen (secondary N) is 3. The highest BCUT2D eigenvalue weighted by atomic mass is 19.3. The number of benzene rings is 1. The van der Waals surface area contributed by atoms with Crippen LogP contribution in [-0.4, -0.2) is 44.9 Å². The van der Waals surface area contributed by atoms with Crippen LogP contribution in [0.25, 0.3) is 0 Å². The quantitative estimate of drug-likeness (QED) is 0.322. The minimum Gasteiger partial charge on any atom is -0.459 e. The lowest BCUT2D eigenvalue weighted by Crippen LogP contribution is -2.41. The standard InChI is InChI=1S/C19H22F2N4O5/c1-2-22-19(24-6-5-23-17(26)13-4-3-7-27-13)25-10-12-8-15-16(29-11-28-15)9-14(12)30-18(20)21/h3-4,7-9,18H,2,5-6,10-11H2,1H3,(H,23,26)(H2,22,24,25). The van der Waals surface area contributed by atoms with Gasteiger partial charge in [0.2, 0.25) is 6.79 Å². The first-order valence-electron chi connectivity index (χ1n) is 9.28. The second kappa shape index (κ2) is 10.3. The Morgan fingerprint density at radius 2 is 1.97 bits per heavy atom. The molecule has 3 rings (SSSR count). The van der Waals surface area contributed by atoms with E-state index in [4.69, 9.17) is 13.9 Å². The van der Waals surface area contributed by atoms with E-state index in [9.17, 15) is 13.6 Å². The number of carbonyl (C=O) groups excluding carboxylic acids is 1. The van der Waals surface area contributed by atoms with Gasteiger partial charge in [0.05, 0.1) is 12.8 Å². The summed E-state index contributed by atoms with van der Waals surface area (Å²) in [7, 11) is 0. The van der Waals surface area contributed by atoms with Crippen molar-refractivity contribution in [1.29, 1.82) is 0 Å². The van der Waals surface area contributed by atoms with Crippen LogP contribution in [0, 0.1) is 0 Å². The molecule has 30 heavy (non-hydrogen) atoms. The molecule has 1 amide bonds. The van der Waals surface area contributed by atoms with Gasteiger partial charge in [-0.2, -0.15) is 8.78 Å². The first-order chi connectivity index (χ1) is 14.6. The molecule has 0 bridgehead atoms. The molecule has 1 aliphatic rings. The number of amides is 1. The van der Waals surface area contributed by atoms with E-state index in [1.54, 1.807) is 18.2 Å². The predicted octanol–water partition coefficient (Wildman–Crippen LogP) is 2.09. The van der Waals surface area contributed by atoms with Gasteiger partial charge >= 0.3 is 6.61 Å². The Bertz CT molecular complexity index is 874. The molecule has 3 N–H and O–H groups in total. The van der Waals surface area contributed by atoms with Crippen LogP contribution in [0.2, 0.25) is 0 Å². The first kappa shape index (κ1) is 21.2. The third kappa shape index (κ3) is 5.75. The van der Waals surface area contributed by atoms with Crippen molar-refractivity contribution in [2.24, 2.45) is 4.99 Å². The van der Waals surface area contributed by atoms with E-state index in [2.05, 4.69) is 25.7 Å². The van der Waals surface area contributed by atoms with Gasteiger partial charge in [-0.25, -0.2) is 4.99 Å². The highest BCUT2D eigenvalue weighted by molar-refractivity contribution is 5.91. The molecular formula is C19H22F2N4O5. The van der Waals surface area contributed by atoms with Gasteiger partial charge in [0.25, 0.3) is 5.91 Å². The average Bonchev–Trinajstić information content (AvgIpc) is 3.40. The number of alkyl halides is 2. The van der Waals surface area contributed by atoms with Gasteiger partial charge < -0.3 is 34.6 Å². The molecule has 1 aromatic carbocycles. The monoisotopic (exact) mass is 424 g/mol. The zero-order valence-electron chi connectivity index (χ0n) is 16.2. The van der Waals surface area contributed by atoms with Crippen LogP contribution in [0.3, 0.4) is 0 Å². The van der Waals surface area contributed by atoms with E-state index in [0.717, 1.165) is 0 Å². The van der Waals surface area contributed by atoms with E-state index >= 15 is 0 Å². The summed E-state index contributed by atoms with van der Waals surface area (Å²) in [5.41, 5.74) is 0.419. The Morgan fingerprint density at radius 3 is 2.67 bits per heavy atom. The summed E-state index contributed by atoms with van der Waals surface area (Å²) < 4.78 is 45.6. The number of ether oxygens (including phenoxy) is 3. The van der Waals surface area contributed by atoms with Crippen molar-refractivity contribution in [2.45, 2.75) is 20.1 Å². The van der Waals surface area contributed by atoms with Crippen molar-refractivity contribution in [3.63, 3.8) is 0 Å². The van der Waals surface area contributed by atoms with Crippen molar-refractivity contribution in [1.82, 2.24) is 16.0 Å². The van der Waals surface area contributed by atoms with Crippen LogP contribution in [0.5, 0.6) is 17.2 Å². The van der Waals surface area contributed by atoms with Crippen molar-refractivity contribution in [3.8, 4) is 17.2 Å². The smallest absolute Gasteiger partial charge is 0.387 e. The van der Waals surface area contributed by atoms with E-state index in [-0.39, 0.29) is 30.8 Å². The number of hydrogen-bond acceptors (Lipinski definition) is 6. The molecule has 2 aromatic rings. The maximum absolute atomic E-state index is 12.7. The Kier molecular flexibility index (Phi) is 7.30. The number of fused-ring (bicyclic) bond motifs is 1. The molecule has 162 valence electrons. The molecule has 0 spiro atoms. The lowest BCUT2D eigenvalue weighted by molar-refractivity contribution is -0.0505. The molecule has 2 heterocycles. The largest absolute Gasteiger partial charge is 0.459 e. The molecule has 0 atom stereocenters. The van der Waals surface area contributed by atoms with Crippen molar-refractivity contribution >= 4 is 11.9 Å². The van der Waals surface area contributed by atoms with Gasteiger partial charge in [-0.05, 0) is 25.1 Å². The molecule has 0 saturated carbocycles. The van der Waals surface area contributed by atoms with Gasteiger partial charge in [0.15, 0.2) is 23.2 Å². The molecule has 0 fully saturated rings. The van der Waals surface area contributed by atoms with Crippen LogP contribution in [0.4, 0.5) is 8.78 Å². The number of rotatable bonds is 9. The van der Waals surface area contributed by atoms with Crippen molar-refractivity contribution in [2.75, 3.05) is 26.4 Å². The summed E-state index contributed by atoms with van der Waals surface area (Å²) in [6, 6.07) is 6.13. The number of guanidine groups is 1. The van der Waals surface area contributed by atoms with Gasteiger partial charge in [0, 0.05) is 31.3 Å². The van der Waals surface area contributed by atoms with Crippen LogP contribution >= 0.6 is 0 Å². The van der Waals surface area contributed by atoms with Crippen LogP contribution in [0.1, 0.15) is 23.0 Å². The molecule has 1 aliphatic heterocycles. The van der Waals surface area contributed by atoms with Gasteiger partial charge in [-0.1, -0.05) is 0 Å². The number of carbonyl (C=O) groups is 1. The summed E-state index contributed by atoms with van der Waals surface area (Å²) in [5, 5.41) is 8.80. The molecule has 9 nitrogen and oxygen atoms in total. The minimum atomic E-state index is -2.97. The number of aliphatic imine (C=N–C) groups is 1. The fraction of sp³-hybridized carbons (Fsp3) is 0.368. The van der Waals surface area contributed by atoms with E-state index in [1.807, 2.05) is 6.92 Å². The summed E-state index contributed by atoms with van der Waals surface area (Å²) in [6.07, 6.45) is 1.42. The molecule has 0 radical (unpaired) electrons. The Morgan fingerprint density at radius 1 is 1.20 bits per heavy atom. The summed E-state index contributed by atoms with van der Waals surface area (Å²) in [6.45, 7) is 0.301. The lowest BCUT2D eigenvalue weighted by atomic mass is 10.1. The van der Waals surface area contributed by atoms with Crippen LogP contribution in [-0.2, 0) is 6.54 Å². The van der Waals surface area contributed by atoms with E-state index in [0.29, 0.717) is 42.7 Å². The summed E-state index contributed by atoms with van der Waals surface area (Å²) in [4.78, 5) is 16.2. The highest BCUT2D eigenvalue weighted by Gasteiger charge is 2.20. The van der Waals surface area contributed by atoms with Gasteiger partial charge in [0.1, 0.15) is 5.75 Å². The minimum absolute atomic E-state index is 0.0180. The van der Waals surface area contributed by atoms with E-state index in [1.165, 1.54) is 12.3 Å². The molecular weight excluding hydrogens is 402 g/mol. The normalized spacial score (nSPS) is 12.7. The number of halogens is 2. The van der Waals surface area contributed by atoms with Crippen LogP contribution in [0.15, 0.2) is 39.9 Å². The fourth-order valence-electron chi connectivity index (χ4n) is 2.65. The van der Waals surface area contributed by atoms with Crippen LogP contribution < -0.4 is 30.2 Å². The Labute approximate surface area is 171 Å². The zero-order valence-corrected chi connectivity index (χ0v) is 16.2. The topological polar surface area (TPSA) is 106 Å². The summed E-state index contributed by atoms with van der Waals surface area (Å²) in [5.74, 6) is 1.11. The summed E-state index contributed by atoms with van der Waals surface area (Å²) >= 11 is 0. The maximum atomic E-state index is 12.7. The third-order valence-electron chi connectivity index (χ3n) is 3.97. The van der Waals surface area contributed by atoms with E-state index < -0.39 is 6.61 Å². The average molecular weight is 424 g/mol.